The van der Waals surface area contributed by atoms with Crippen LogP contribution in [0.5, 0.6) is 0 Å². The molecule has 114 valence electrons. The van der Waals surface area contributed by atoms with Crippen molar-refractivity contribution in [2.24, 2.45) is 5.41 Å². The van der Waals surface area contributed by atoms with Gasteiger partial charge in [-0.2, -0.15) is 0 Å². The summed E-state index contributed by atoms with van der Waals surface area (Å²) >= 11 is 0. The summed E-state index contributed by atoms with van der Waals surface area (Å²) in [6.45, 7) is 2.74. The number of carboxylic acids is 1. The molecule has 0 bridgehead atoms. The Hall–Kier alpha value is -2.04. The Morgan fingerprint density at radius 2 is 2.19 bits per heavy atom. The van der Waals surface area contributed by atoms with Gasteiger partial charge < -0.3 is 15.7 Å². The van der Waals surface area contributed by atoms with E-state index in [1.807, 2.05) is 31.2 Å². The molecular formula is C16H22N2O3. The van der Waals surface area contributed by atoms with Crippen LogP contribution in [0.2, 0.25) is 0 Å². The minimum absolute atomic E-state index is 0.0222. The first-order chi connectivity index (χ1) is 9.97. The Kier molecular flexibility index (Phi) is 4.50. The zero-order chi connectivity index (χ0) is 15.5. The Bertz CT molecular complexity index is 544. The minimum Gasteiger partial charge on any atom is -0.481 e. The molecule has 0 aliphatic carbocycles. The van der Waals surface area contributed by atoms with Crippen molar-refractivity contribution >= 4 is 17.6 Å². The van der Waals surface area contributed by atoms with Crippen molar-refractivity contribution in [3.8, 4) is 0 Å². The molecule has 21 heavy (non-hydrogen) atoms. The van der Waals surface area contributed by atoms with E-state index >= 15 is 0 Å². The fraction of sp³-hybridized carbons (Fsp3) is 0.500. The number of carbonyl (C=O) groups excluding carboxylic acids is 1. The van der Waals surface area contributed by atoms with E-state index in [0.717, 1.165) is 5.56 Å². The predicted molar refractivity (Wildman–Crippen MR) is 80.7 cm³/mol. The first-order valence-corrected chi connectivity index (χ1v) is 7.32. The lowest BCUT2D eigenvalue weighted by Crippen LogP contribution is -2.36. The van der Waals surface area contributed by atoms with E-state index in [9.17, 15) is 14.7 Å². The maximum Gasteiger partial charge on any atom is 0.311 e. The molecular weight excluding hydrogens is 268 g/mol. The minimum atomic E-state index is -0.795. The summed E-state index contributed by atoms with van der Waals surface area (Å²) in [4.78, 5) is 25.3. The van der Waals surface area contributed by atoms with Gasteiger partial charge in [0.1, 0.15) is 0 Å². The number of aryl methyl sites for hydroxylation is 1. The number of amides is 1. The van der Waals surface area contributed by atoms with Gasteiger partial charge >= 0.3 is 5.97 Å². The van der Waals surface area contributed by atoms with Gasteiger partial charge in [0.25, 0.3) is 0 Å². The molecule has 1 atom stereocenters. The van der Waals surface area contributed by atoms with Crippen LogP contribution in [-0.2, 0) is 16.0 Å². The number of hydrogen-bond acceptors (Lipinski definition) is 3. The number of hydrogen-bond donors (Lipinski definition) is 2. The molecule has 1 fully saturated rings. The molecule has 1 aromatic rings. The second kappa shape index (κ2) is 6.16. The van der Waals surface area contributed by atoms with Crippen LogP contribution >= 0.6 is 0 Å². The third kappa shape index (κ3) is 3.35. The van der Waals surface area contributed by atoms with Crippen molar-refractivity contribution in [3.05, 3.63) is 29.8 Å². The molecule has 2 rings (SSSR count). The fourth-order valence-corrected chi connectivity index (χ4v) is 2.86. The van der Waals surface area contributed by atoms with Gasteiger partial charge in [0.2, 0.25) is 5.91 Å². The van der Waals surface area contributed by atoms with Crippen molar-refractivity contribution in [2.75, 3.05) is 18.8 Å². The quantitative estimate of drug-likeness (QED) is 0.811. The van der Waals surface area contributed by atoms with E-state index in [0.29, 0.717) is 44.5 Å². The second-order valence-electron chi connectivity index (χ2n) is 5.75. The first-order valence-electron chi connectivity index (χ1n) is 7.32. The lowest BCUT2D eigenvalue weighted by Gasteiger charge is -2.23. The van der Waals surface area contributed by atoms with Crippen LogP contribution in [-0.4, -0.2) is 35.0 Å². The highest BCUT2D eigenvalue weighted by Crippen LogP contribution is 2.34. The first kappa shape index (κ1) is 15.4. The molecule has 5 heteroatoms. The van der Waals surface area contributed by atoms with Gasteiger partial charge in [-0.25, -0.2) is 0 Å². The maximum atomic E-state index is 12.2. The molecule has 1 heterocycles. The molecule has 1 aliphatic rings. The van der Waals surface area contributed by atoms with Crippen molar-refractivity contribution < 1.29 is 14.7 Å². The molecule has 1 aromatic carbocycles. The van der Waals surface area contributed by atoms with Gasteiger partial charge in [-0.3, -0.25) is 9.59 Å². The van der Waals surface area contributed by atoms with Crippen LogP contribution in [0.25, 0.3) is 0 Å². The number of nitrogens with two attached hydrogens (primary N) is 1. The molecule has 3 N–H and O–H groups in total. The van der Waals surface area contributed by atoms with Gasteiger partial charge in [0.05, 0.1) is 5.41 Å². The molecule has 0 spiro atoms. The summed E-state index contributed by atoms with van der Waals surface area (Å²) in [7, 11) is 0. The Balaban J connectivity index is 1.92. The number of rotatable bonds is 5. The summed E-state index contributed by atoms with van der Waals surface area (Å²) in [5.74, 6) is -0.773. The summed E-state index contributed by atoms with van der Waals surface area (Å²) < 4.78 is 0. The summed E-state index contributed by atoms with van der Waals surface area (Å²) in [6.07, 6.45) is 2.12. The third-order valence-electron chi connectivity index (χ3n) is 4.42. The van der Waals surface area contributed by atoms with Gasteiger partial charge in [-0.05, 0) is 37.0 Å². The highest BCUT2D eigenvalue weighted by molar-refractivity contribution is 5.80. The van der Waals surface area contributed by atoms with E-state index in [-0.39, 0.29) is 5.91 Å². The molecule has 1 aliphatic heterocycles. The van der Waals surface area contributed by atoms with Gasteiger partial charge in [-0.15, -0.1) is 0 Å². The molecule has 5 nitrogen and oxygen atoms in total. The fourth-order valence-electron chi connectivity index (χ4n) is 2.86. The number of nitrogens with zero attached hydrogens (tertiary/aromatic N) is 1. The molecule has 1 saturated heterocycles. The van der Waals surface area contributed by atoms with Gasteiger partial charge in [-0.1, -0.05) is 19.1 Å². The Morgan fingerprint density at radius 1 is 1.43 bits per heavy atom. The maximum absolute atomic E-state index is 12.2. The summed E-state index contributed by atoms with van der Waals surface area (Å²) in [5.41, 5.74) is 6.68. The highest BCUT2D eigenvalue weighted by atomic mass is 16.4. The van der Waals surface area contributed by atoms with E-state index in [1.54, 1.807) is 4.90 Å². The molecule has 0 saturated carbocycles. The smallest absolute Gasteiger partial charge is 0.311 e. The van der Waals surface area contributed by atoms with Crippen LogP contribution in [0.1, 0.15) is 31.7 Å². The molecule has 1 amide bonds. The Morgan fingerprint density at radius 3 is 2.76 bits per heavy atom. The number of likely N-dealkylation sites (tertiary alicyclic amines) is 1. The summed E-state index contributed by atoms with van der Waals surface area (Å²) in [6, 6.07) is 7.50. The topological polar surface area (TPSA) is 83.6 Å². The molecule has 0 aromatic heterocycles. The SMILES string of the molecule is CCC1(C(=O)O)CCN(C(=O)CCc2cccc(N)c2)C1. The average Bonchev–Trinajstić information content (AvgIpc) is 2.91. The largest absolute Gasteiger partial charge is 0.481 e. The predicted octanol–water partition coefficient (Wildman–Crippen LogP) is 1.91. The number of anilines is 1. The monoisotopic (exact) mass is 290 g/mol. The lowest BCUT2D eigenvalue weighted by molar-refractivity contribution is -0.148. The van der Waals surface area contributed by atoms with Crippen molar-refractivity contribution in [1.82, 2.24) is 4.90 Å². The lowest BCUT2D eigenvalue weighted by atomic mass is 9.84. The summed E-state index contributed by atoms with van der Waals surface area (Å²) in [5, 5.41) is 9.35. The van der Waals surface area contributed by atoms with Crippen LogP contribution < -0.4 is 5.73 Å². The van der Waals surface area contributed by atoms with Crippen LogP contribution in [0.15, 0.2) is 24.3 Å². The number of carbonyl (C=O) groups is 2. The highest BCUT2D eigenvalue weighted by Gasteiger charge is 2.44. The van der Waals surface area contributed by atoms with Crippen molar-refractivity contribution in [3.63, 3.8) is 0 Å². The standard InChI is InChI=1S/C16H22N2O3/c1-2-16(15(20)21)8-9-18(11-16)14(19)7-6-12-4-3-5-13(17)10-12/h3-5,10H,2,6-9,11,17H2,1H3,(H,20,21). The van der Waals surface area contributed by atoms with E-state index in [1.165, 1.54) is 0 Å². The van der Waals surface area contributed by atoms with E-state index in [4.69, 9.17) is 5.73 Å². The van der Waals surface area contributed by atoms with E-state index < -0.39 is 11.4 Å². The number of benzene rings is 1. The number of aliphatic carboxylic acids is 1. The van der Waals surface area contributed by atoms with Gasteiger partial charge in [0, 0.05) is 25.2 Å². The Labute approximate surface area is 124 Å². The zero-order valence-electron chi connectivity index (χ0n) is 12.3. The van der Waals surface area contributed by atoms with Gasteiger partial charge in [0.15, 0.2) is 0 Å². The van der Waals surface area contributed by atoms with Crippen LogP contribution in [0.4, 0.5) is 5.69 Å². The second-order valence-corrected chi connectivity index (χ2v) is 5.75. The molecule has 0 radical (unpaired) electrons. The average molecular weight is 290 g/mol. The number of carboxylic acid groups (broad SMARTS) is 1. The molecule has 1 unspecified atom stereocenters. The van der Waals surface area contributed by atoms with Crippen LogP contribution in [0.3, 0.4) is 0 Å². The van der Waals surface area contributed by atoms with E-state index in [2.05, 4.69) is 0 Å². The normalized spacial score (nSPS) is 21.5. The van der Waals surface area contributed by atoms with Crippen LogP contribution in [0, 0.1) is 5.41 Å². The number of nitrogen functional groups attached to an aromatic ring is 1. The van der Waals surface area contributed by atoms with Crippen molar-refractivity contribution in [1.29, 1.82) is 0 Å². The van der Waals surface area contributed by atoms with Crippen molar-refractivity contribution in [2.45, 2.75) is 32.6 Å². The third-order valence-corrected chi connectivity index (χ3v) is 4.42. The zero-order valence-corrected chi connectivity index (χ0v) is 12.3.